The summed E-state index contributed by atoms with van der Waals surface area (Å²) in [7, 11) is 0. The summed E-state index contributed by atoms with van der Waals surface area (Å²) in [6, 6.07) is 5.65. The summed E-state index contributed by atoms with van der Waals surface area (Å²) < 4.78 is 1.63. The van der Waals surface area contributed by atoms with Crippen LogP contribution in [-0.4, -0.2) is 72.1 Å². The molecule has 4 N–H and O–H groups in total. The molecule has 1 saturated heterocycles. The van der Waals surface area contributed by atoms with Crippen LogP contribution in [0.4, 0.5) is 0 Å². The topological polar surface area (TPSA) is 161 Å². The molecule has 13 heteroatoms. The third kappa shape index (κ3) is 4.10. The fourth-order valence-corrected chi connectivity index (χ4v) is 4.82. The summed E-state index contributed by atoms with van der Waals surface area (Å²) in [6.45, 7) is 0.953. The zero-order valence-electron chi connectivity index (χ0n) is 18.3. The average molecular weight is 493 g/mol. The monoisotopic (exact) mass is 492 g/mol. The number of hydrogen-bond acceptors (Lipinski definition) is 8. The van der Waals surface area contributed by atoms with Crippen molar-refractivity contribution in [1.29, 1.82) is 0 Å². The SMILES string of the molecule is O=C1CN(C(=O)c2ccc(-c3cc(=NC4CC4)n4nc/c(=C/c5[nH]c(=O)[nH]c5O)c4n3)s2)CCN1. The van der Waals surface area contributed by atoms with Gasteiger partial charge in [0.25, 0.3) is 5.91 Å². The van der Waals surface area contributed by atoms with Gasteiger partial charge in [-0.25, -0.2) is 9.78 Å². The Hall–Kier alpha value is -4.26. The van der Waals surface area contributed by atoms with E-state index in [1.165, 1.54) is 16.2 Å². The first-order chi connectivity index (χ1) is 16.9. The van der Waals surface area contributed by atoms with Crippen LogP contribution in [0.3, 0.4) is 0 Å². The second-order valence-electron chi connectivity index (χ2n) is 8.42. The number of imidazole rings is 1. The van der Waals surface area contributed by atoms with Gasteiger partial charge in [-0.2, -0.15) is 9.61 Å². The van der Waals surface area contributed by atoms with E-state index in [0.29, 0.717) is 40.0 Å². The second-order valence-corrected chi connectivity index (χ2v) is 9.51. The first-order valence-electron chi connectivity index (χ1n) is 11.1. The predicted octanol–water partition coefficient (Wildman–Crippen LogP) is -0.637. The fourth-order valence-electron chi connectivity index (χ4n) is 3.88. The normalized spacial score (nSPS) is 17.4. The number of nitrogens with one attached hydrogen (secondary N) is 3. The standard InChI is InChI=1S/C22H20N8O4S/c31-18-10-29(6-5-23-18)21(33)16-4-3-15(35-16)13-8-17(25-12-1-2-12)30-19(26-13)11(9-24-30)7-14-20(32)28-22(34)27-14/h3-4,7-9,12,32H,1-2,5-6,10H2,(H,23,31)(H2,27,28,34)/b11-7-,25-17?. The highest BCUT2D eigenvalue weighted by molar-refractivity contribution is 7.17. The molecule has 1 aliphatic carbocycles. The van der Waals surface area contributed by atoms with Gasteiger partial charge in [-0.05, 0) is 31.1 Å². The van der Waals surface area contributed by atoms with E-state index < -0.39 is 5.69 Å². The molecule has 5 heterocycles. The summed E-state index contributed by atoms with van der Waals surface area (Å²) in [5.41, 5.74) is 1.45. The molecule has 4 aromatic heterocycles. The molecular formula is C22H20N8O4S. The number of fused-ring (bicyclic) bond motifs is 1. The van der Waals surface area contributed by atoms with Gasteiger partial charge < -0.3 is 20.3 Å². The fraction of sp³-hybridized carbons (Fsp3) is 0.273. The van der Waals surface area contributed by atoms with Crippen molar-refractivity contribution >= 4 is 34.9 Å². The summed E-state index contributed by atoms with van der Waals surface area (Å²) in [5, 5.41) is 17.7. The molecule has 35 heavy (non-hydrogen) atoms. The molecule has 6 rings (SSSR count). The number of amides is 2. The molecule has 0 unspecified atom stereocenters. The molecule has 0 aromatic carbocycles. The number of aromatic amines is 2. The zero-order valence-corrected chi connectivity index (χ0v) is 19.1. The third-order valence-corrected chi connectivity index (χ3v) is 6.87. The van der Waals surface area contributed by atoms with Crippen molar-refractivity contribution in [3.8, 4) is 16.5 Å². The predicted molar refractivity (Wildman–Crippen MR) is 126 cm³/mol. The average Bonchev–Trinajstić information content (AvgIpc) is 3.22. The molecule has 4 aromatic rings. The number of H-pyrrole nitrogens is 2. The molecular weight excluding hydrogens is 472 g/mol. The zero-order chi connectivity index (χ0) is 24.1. The number of carbonyl (C=O) groups excluding carboxylic acids is 2. The summed E-state index contributed by atoms with van der Waals surface area (Å²) in [4.78, 5) is 53.3. The van der Waals surface area contributed by atoms with Crippen LogP contribution >= 0.6 is 11.3 Å². The van der Waals surface area contributed by atoms with Gasteiger partial charge in [-0.3, -0.25) is 19.6 Å². The van der Waals surface area contributed by atoms with Gasteiger partial charge in [0.1, 0.15) is 5.69 Å². The molecule has 1 saturated carbocycles. The van der Waals surface area contributed by atoms with Crippen molar-refractivity contribution in [3.05, 3.63) is 56.2 Å². The molecule has 0 radical (unpaired) electrons. The van der Waals surface area contributed by atoms with Crippen molar-refractivity contribution in [3.63, 3.8) is 0 Å². The minimum absolute atomic E-state index is 0.0454. The summed E-state index contributed by atoms with van der Waals surface area (Å²) >= 11 is 1.30. The van der Waals surface area contributed by atoms with Gasteiger partial charge in [0.15, 0.2) is 11.1 Å². The van der Waals surface area contributed by atoms with Gasteiger partial charge in [0.05, 0.1) is 34.2 Å². The quantitative estimate of drug-likeness (QED) is 0.296. The Balaban J connectivity index is 1.44. The maximum Gasteiger partial charge on any atom is 0.326 e. The Morgan fingerprint density at radius 2 is 2.11 bits per heavy atom. The van der Waals surface area contributed by atoms with Crippen LogP contribution < -0.4 is 21.7 Å². The van der Waals surface area contributed by atoms with Crippen LogP contribution in [0.1, 0.15) is 28.2 Å². The lowest BCUT2D eigenvalue weighted by Gasteiger charge is -2.26. The van der Waals surface area contributed by atoms with E-state index >= 15 is 0 Å². The highest BCUT2D eigenvalue weighted by Gasteiger charge is 2.24. The van der Waals surface area contributed by atoms with Crippen molar-refractivity contribution < 1.29 is 14.7 Å². The number of carbonyl (C=O) groups is 2. The lowest BCUT2D eigenvalue weighted by atomic mass is 10.3. The van der Waals surface area contributed by atoms with Gasteiger partial charge >= 0.3 is 5.69 Å². The first kappa shape index (κ1) is 21.3. The Labute approximate surface area is 200 Å². The first-order valence-corrected chi connectivity index (χ1v) is 11.9. The number of aromatic hydroxyl groups is 1. The lowest BCUT2D eigenvalue weighted by Crippen LogP contribution is -2.49. The lowest BCUT2D eigenvalue weighted by molar-refractivity contribution is -0.123. The highest BCUT2D eigenvalue weighted by atomic mass is 32.1. The molecule has 2 fully saturated rings. The van der Waals surface area contributed by atoms with Crippen molar-refractivity contribution in [1.82, 2.24) is 34.8 Å². The number of aromatic nitrogens is 5. The van der Waals surface area contributed by atoms with Crippen molar-refractivity contribution in [2.75, 3.05) is 19.6 Å². The van der Waals surface area contributed by atoms with Crippen LogP contribution in [0.15, 0.2) is 34.2 Å². The van der Waals surface area contributed by atoms with E-state index in [2.05, 4.69) is 20.4 Å². The Morgan fingerprint density at radius 1 is 1.26 bits per heavy atom. The van der Waals surface area contributed by atoms with Crippen LogP contribution in [0.25, 0.3) is 22.3 Å². The smallest absolute Gasteiger partial charge is 0.326 e. The molecule has 178 valence electrons. The molecule has 12 nitrogen and oxygen atoms in total. The minimum Gasteiger partial charge on any atom is -0.493 e. The largest absolute Gasteiger partial charge is 0.493 e. The van der Waals surface area contributed by atoms with E-state index in [9.17, 15) is 19.5 Å². The van der Waals surface area contributed by atoms with Crippen LogP contribution in [-0.2, 0) is 4.79 Å². The van der Waals surface area contributed by atoms with E-state index in [1.807, 2.05) is 12.1 Å². The Bertz CT molecular complexity index is 1660. The van der Waals surface area contributed by atoms with Crippen molar-refractivity contribution in [2.24, 2.45) is 4.99 Å². The number of nitrogens with zero attached hydrogens (tertiary/aromatic N) is 5. The maximum atomic E-state index is 12.9. The summed E-state index contributed by atoms with van der Waals surface area (Å²) in [5.74, 6) is -0.634. The van der Waals surface area contributed by atoms with Gasteiger partial charge in [0.2, 0.25) is 11.8 Å². The van der Waals surface area contributed by atoms with E-state index in [4.69, 9.17) is 9.98 Å². The van der Waals surface area contributed by atoms with Gasteiger partial charge in [-0.15, -0.1) is 11.3 Å². The summed E-state index contributed by atoms with van der Waals surface area (Å²) in [6.07, 6.45) is 5.20. The molecule has 0 atom stereocenters. The number of hydrogen-bond donors (Lipinski definition) is 4. The number of rotatable bonds is 4. The Morgan fingerprint density at radius 3 is 2.86 bits per heavy atom. The second kappa shape index (κ2) is 8.20. The van der Waals surface area contributed by atoms with E-state index in [0.717, 1.165) is 17.7 Å². The van der Waals surface area contributed by atoms with Gasteiger partial charge in [0, 0.05) is 24.4 Å². The van der Waals surface area contributed by atoms with Gasteiger partial charge in [-0.1, -0.05) is 0 Å². The van der Waals surface area contributed by atoms with E-state index in [1.54, 1.807) is 22.9 Å². The highest BCUT2D eigenvalue weighted by Crippen LogP contribution is 2.28. The van der Waals surface area contributed by atoms with Crippen LogP contribution in [0.2, 0.25) is 0 Å². The molecule has 0 bridgehead atoms. The van der Waals surface area contributed by atoms with Crippen molar-refractivity contribution in [2.45, 2.75) is 18.9 Å². The molecule has 0 spiro atoms. The van der Waals surface area contributed by atoms with Crippen LogP contribution in [0.5, 0.6) is 5.88 Å². The number of piperazine rings is 1. The Kier molecular flexibility index (Phi) is 4.99. The molecule has 2 aliphatic rings. The van der Waals surface area contributed by atoms with E-state index in [-0.39, 0.29) is 36.0 Å². The molecule has 2 amide bonds. The molecule has 1 aliphatic heterocycles. The number of thiophene rings is 1. The van der Waals surface area contributed by atoms with Crippen LogP contribution in [0, 0.1) is 0 Å². The minimum atomic E-state index is -0.523. The third-order valence-electron chi connectivity index (χ3n) is 5.77. The maximum absolute atomic E-state index is 12.9.